The molecule has 0 spiro atoms. The second-order valence-corrected chi connectivity index (χ2v) is 5.75. The van der Waals surface area contributed by atoms with Crippen molar-refractivity contribution in [2.45, 2.75) is 39.3 Å². The summed E-state index contributed by atoms with van der Waals surface area (Å²) < 4.78 is 0. The molecule has 0 amide bonds. The van der Waals surface area contributed by atoms with Crippen LogP contribution < -0.4 is 10.6 Å². The first-order valence-electron chi connectivity index (χ1n) is 7.80. The number of anilines is 1. The molecule has 2 N–H and O–H groups in total. The zero-order valence-electron chi connectivity index (χ0n) is 13.1. The van der Waals surface area contributed by atoms with E-state index >= 15 is 0 Å². The molecule has 2 rings (SSSR count). The lowest BCUT2D eigenvalue weighted by Crippen LogP contribution is -2.32. The third kappa shape index (κ3) is 4.61. The van der Waals surface area contributed by atoms with E-state index in [9.17, 15) is 0 Å². The van der Waals surface area contributed by atoms with Crippen LogP contribution in [0.1, 0.15) is 31.4 Å². The van der Waals surface area contributed by atoms with E-state index in [1.165, 1.54) is 23.2 Å². The predicted molar refractivity (Wildman–Crippen MR) is 91.6 cm³/mol. The Morgan fingerprint density at radius 3 is 2.14 bits per heavy atom. The monoisotopic (exact) mass is 282 g/mol. The van der Waals surface area contributed by atoms with E-state index in [1.807, 2.05) is 0 Å². The summed E-state index contributed by atoms with van der Waals surface area (Å²) in [5.74, 6) is 0. The Morgan fingerprint density at radius 2 is 1.57 bits per heavy atom. The maximum atomic E-state index is 5.67. The highest BCUT2D eigenvalue weighted by Crippen LogP contribution is 2.19. The van der Waals surface area contributed by atoms with Crippen LogP contribution in [-0.4, -0.2) is 12.6 Å². The third-order valence-electron chi connectivity index (χ3n) is 3.83. The molecule has 0 aliphatic carbocycles. The minimum absolute atomic E-state index is 0.504. The summed E-state index contributed by atoms with van der Waals surface area (Å²) in [6, 6.07) is 19.8. The highest BCUT2D eigenvalue weighted by atomic mass is 15.1. The van der Waals surface area contributed by atoms with Gasteiger partial charge in [-0.25, -0.2) is 0 Å². The molecule has 0 bridgehead atoms. The van der Waals surface area contributed by atoms with Crippen LogP contribution in [0.25, 0.3) is 0 Å². The lowest BCUT2D eigenvalue weighted by Gasteiger charge is -2.29. The summed E-state index contributed by atoms with van der Waals surface area (Å²) in [7, 11) is 0. The number of nitrogens with two attached hydrogens (primary N) is 1. The predicted octanol–water partition coefficient (Wildman–Crippen LogP) is 3.99. The summed E-state index contributed by atoms with van der Waals surface area (Å²) in [5, 5.41) is 0. The molecule has 0 saturated carbocycles. The van der Waals surface area contributed by atoms with Crippen LogP contribution in [0, 0.1) is 0 Å². The highest BCUT2D eigenvalue weighted by Gasteiger charge is 2.10. The maximum Gasteiger partial charge on any atom is 0.0368 e. The zero-order chi connectivity index (χ0) is 15.1. The average molecular weight is 282 g/mol. The lowest BCUT2D eigenvalue weighted by atomic mass is 10.1. The summed E-state index contributed by atoms with van der Waals surface area (Å²) in [6.45, 7) is 6.18. The molecule has 0 heterocycles. The van der Waals surface area contributed by atoms with Gasteiger partial charge in [-0.15, -0.1) is 0 Å². The lowest BCUT2D eigenvalue weighted by molar-refractivity contribution is 0.652. The van der Waals surface area contributed by atoms with Gasteiger partial charge in [-0.05, 0) is 49.9 Å². The molecular formula is C19H26N2. The van der Waals surface area contributed by atoms with Gasteiger partial charge >= 0.3 is 0 Å². The molecular weight excluding hydrogens is 256 g/mol. The van der Waals surface area contributed by atoms with Crippen LogP contribution in [0.3, 0.4) is 0 Å². The van der Waals surface area contributed by atoms with Crippen molar-refractivity contribution in [3.8, 4) is 0 Å². The second kappa shape index (κ2) is 7.84. The largest absolute Gasteiger partial charge is 0.369 e. The van der Waals surface area contributed by atoms with Crippen molar-refractivity contribution in [2.24, 2.45) is 5.73 Å². The van der Waals surface area contributed by atoms with E-state index in [-0.39, 0.29) is 0 Å². The van der Waals surface area contributed by atoms with Gasteiger partial charge in [-0.2, -0.15) is 0 Å². The molecule has 0 aliphatic rings. The molecule has 21 heavy (non-hydrogen) atoms. The first-order valence-corrected chi connectivity index (χ1v) is 7.80. The van der Waals surface area contributed by atoms with Gasteiger partial charge in [0.1, 0.15) is 0 Å². The van der Waals surface area contributed by atoms with Gasteiger partial charge in [0, 0.05) is 24.8 Å². The van der Waals surface area contributed by atoms with Gasteiger partial charge in [0.2, 0.25) is 0 Å². The minimum atomic E-state index is 0.504. The molecule has 0 atom stereocenters. The third-order valence-corrected chi connectivity index (χ3v) is 3.83. The van der Waals surface area contributed by atoms with E-state index in [1.54, 1.807) is 0 Å². The summed E-state index contributed by atoms with van der Waals surface area (Å²) in [6.07, 6.45) is 2.30. The van der Waals surface area contributed by atoms with Gasteiger partial charge in [0.15, 0.2) is 0 Å². The van der Waals surface area contributed by atoms with Gasteiger partial charge in [0.05, 0.1) is 0 Å². The second-order valence-electron chi connectivity index (χ2n) is 5.75. The molecule has 2 aromatic carbocycles. The number of hydrogen-bond acceptors (Lipinski definition) is 2. The Labute approximate surface area is 128 Å². The summed E-state index contributed by atoms with van der Waals surface area (Å²) >= 11 is 0. The molecule has 0 aliphatic heterocycles. The Kier molecular flexibility index (Phi) is 5.82. The van der Waals surface area contributed by atoms with E-state index in [0.29, 0.717) is 12.6 Å². The van der Waals surface area contributed by atoms with Crippen LogP contribution >= 0.6 is 0 Å². The Hall–Kier alpha value is -1.80. The van der Waals surface area contributed by atoms with Crippen molar-refractivity contribution in [3.05, 3.63) is 65.7 Å². The van der Waals surface area contributed by atoms with Crippen molar-refractivity contribution in [1.82, 2.24) is 0 Å². The number of hydrogen-bond donors (Lipinski definition) is 1. The molecule has 112 valence electrons. The van der Waals surface area contributed by atoms with E-state index < -0.39 is 0 Å². The average Bonchev–Trinajstić information content (AvgIpc) is 2.52. The fourth-order valence-corrected chi connectivity index (χ4v) is 2.61. The van der Waals surface area contributed by atoms with Crippen LogP contribution in [0.4, 0.5) is 5.69 Å². The number of rotatable bonds is 7. The molecule has 0 fully saturated rings. The summed E-state index contributed by atoms with van der Waals surface area (Å²) in [4.78, 5) is 2.46. The van der Waals surface area contributed by atoms with E-state index in [0.717, 1.165) is 13.0 Å². The van der Waals surface area contributed by atoms with Gasteiger partial charge in [-0.3, -0.25) is 0 Å². The first-order chi connectivity index (χ1) is 10.2. The van der Waals surface area contributed by atoms with Crippen LogP contribution in [-0.2, 0) is 13.0 Å². The first kappa shape index (κ1) is 15.6. The minimum Gasteiger partial charge on any atom is -0.369 e. The highest BCUT2D eigenvalue weighted by molar-refractivity contribution is 5.48. The molecule has 2 aromatic rings. The normalized spacial score (nSPS) is 10.9. The van der Waals surface area contributed by atoms with Crippen LogP contribution in [0.2, 0.25) is 0 Å². The van der Waals surface area contributed by atoms with Crippen LogP contribution in [0.5, 0.6) is 0 Å². The standard InChI is InChI=1S/C19H26N2/c1-16(2)21(19-12-10-18(15-20)11-13-19)14-6-9-17-7-4-3-5-8-17/h3-5,7-8,10-13,16H,6,9,14-15,20H2,1-2H3. The Morgan fingerprint density at radius 1 is 0.905 bits per heavy atom. The quantitative estimate of drug-likeness (QED) is 0.832. The van der Waals surface area contributed by atoms with Crippen LogP contribution in [0.15, 0.2) is 54.6 Å². The van der Waals surface area contributed by atoms with Gasteiger partial charge in [-0.1, -0.05) is 42.5 Å². The summed E-state index contributed by atoms with van der Waals surface area (Å²) in [5.41, 5.74) is 9.56. The van der Waals surface area contributed by atoms with Crippen molar-refractivity contribution < 1.29 is 0 Å². The SMILES string of the molecule is CC(C)N(CCCc1ccccc1)c1ccc(CN)cc1. The van der Waals surface area contributed by atoms with Gasteiger partial charge in [0.25, 0.3) is 0 Å². The molecule has 0 unspecified atom stereocenters. The van der Waals surface area contributed by atoms with Gasteiger partial charge < -0.3 is 10.6 Å². The number of aryl methyl sites for hydroxylation is 1. The zero-order valence-corrected chi connectivity index (χ0v) is 13.1. The van der Waals surface area contributed by atoms with E-state index in [2.05, 4.69) is 73.3 Å². The Bertz CT molecular complexity index is 517. The fourth-order valence-electron chi connectivity index (χ4n) is 2.61. The van der Waals surface area contributed by atoms with Crippen molar-refractivity contribution >= 4 is 5.69 Å². The Balaban J connectivity index is 1.95. The molecule has 0 aromatic heterocycles. The van der Waals surface area contributed by atoms with Crippen molar-refractivity contribution in [3.63, 3.8) is 0 Å². The smallest absolute Gasteiger partial charge is 0.0368 e. The van der Waals surface area contributed by atoms with Crippen molar-refractivity contribution in [1.29, 1.82) is 0 Å². The van der Waals surface area contributed by atoms with E-state index in [4.69, 9.17) is 5.73 Å². The molecule has 0 radical (unpaired) electrons. The van der Waals surface area contributed by atoms with Crippen molar-refractivity contribution in [2.75, 3.05) is 11.4 Å². The molecule has 2 heteroatoms. The number of benzene rings is 2. The maximum absolute atomic E-state index is 5.67. The molecule has 0 saturated heterocycles. The topological polar surface area (TPSA) is 29.3 Å². The fraction of sp³-hybridized carbons (Fsp3) is 0.368. The molecule has 2 nitrogen and oxygen atoms in total. The number of nitrogens with zero attached hydrogens (tertiary/aromatic N) is 1.